The van der Waals surface area contributed by atoms with Gasteiger partial charge in [0.2, 0.25) is 0 Å². The number of carbonyl (C=O) groups excluding carboxylic acids is 1. The van der Waals surface area contributed by atoms with Crippen LogP contribution in [0.3, 0.4) is 0 Å². The molecule has 2 saturated heterocycles. The monoisotopic (exact) mass is 589 g/mol. The van der Waals surface area contributed by atoms with Crippen molar-refractivity contribution in [3.63, 3.8) is 0 Å². The van der Waals surface area contributed by atoms with Crippen molar-refractivity contribution in [3.05, 3.63) is 70.6 Å². The first kappa shape index (κ1) is 26.5. The molecular weight excluding hydrogens is 548 g/mol. The Kier molecular flexibility index (Phi) is 5.60. The van der Waals surface area contributed by atoms with Gasteiger partial charge in [-0.1, -0.05) is 36.4 Å². The lowest BCUT2D eigenvalue weighted by Crippen LogP contribution is -2.88. The van der Waals surface area contributed by atoms with Gasteiger partial charge in [0.1, 0.15) is 11.4 Å². The highest BCUT2D eigenvalue weighted by atomic mass is 16.6. The molecule has 2 aromatic heterocycles. The number of aromatic amines is 2. The summed E-state index contributed by atoms with van der Waals surface area (Å²) in [6.07, 6.45) is 8.17. The van der Waals surface area contributed by atoms with Crippen molar-refractivity contribution < 1.29 is 14.8 Å². The third-order valence-electron chi connectivity index (χ3n) is 10.7. The van der Waals surface area contributed by atoms with Crippen molar-refractivity contribution in [1.29, 1.82) is 0 Å². The molecule has 3 aliphatic carbocycles. The zero-order valence-electron chi connectivity index (χ0n) is 25.9. The Morgan fingerprint density at radius 2 is 1.61 bits per heavy atom. The summed E-state index contributed by atoms with van der Waals surface area (Å²) in [5.41, 5.74) is 12.2. The summed E-state index contributed by atoms with van der Waals surface area (Å²) < 4.78 is 5.71. The first-order valence-electron chi connectivity index (χ1n) is 16.5. The number of likely N-dealkylation sites (tertiary alicyclic amines) is 1. The minimum Gasteiger partial charge on any atom is -0.444 e. The average molecular weight is 590 g/mol. The van der Waals surface area contributed by atoms with E-state index >= 15 is 0 Å². The van der Waals surface area contributed by atoms with Crippen LogP contribution < -0.4 is 5.32 Å². The van der Waals surface area contributed by atoms with E-state index in [1.807, 2.05) is 25.7 Å². The van der Waals surface area contributed by atoms with Crippen molar-refractivity contribution in [2.24, 2.45) is 5.92 Å². The SMILES string of the molecule is CC(C)(C)OC(=O)N1CCC[C@H]1c1nc2c([nH]1)CCc1cc(-c3ccc4c(c3)CCc3[nH]c([C@@]56C[C@@H]5CC[NH2+]6)nc3-4)ccc1-2. The van der Waals surface area contributed by atoms with E-state index < -0.39 is 5.60 Å². The number of hydrogen-bond donors (Lipinski definition) is 3. The third-order valence-corrected chi connectivity index (χ3v) is 10.7. The van der Waals surface area contributed by atoms with Crippen molar-refractivity contribution in [3.8, 4) is 33.6 Å². The van der Waals surface area contributed by atoms with E-state index in [0.717, 1.165) is 56.0 Å². The molecule has 0 spiro atoms. The average Bonchev–Trinajstić information content (AvgIpc) is 3.58. The second-order valence-electron chi connectivity index (χ2n) is 14.7. The molecular formula is C36H41N6O2+. The molecule has 8 nitrogen and oxygen atoms in total. The quantitative estimate of drug-likeness (QED) is 0.290. The summed E-state index contributed by atoms with van der Waals surface area (Å²) in [5.74, 6) is 2.90. The van der Waals surface area contributed by atoms with Crippen LogP contribution in [0.15, 0.2) is 36.4 Å². The van der Waals surface area contributed by atoms with E-state index in [-0.39, 0.29) is 17.7 Å². The summed E-state index contributed by atoms with van der Waals surface area (Å²) in [5, 5.41) is 2.52. The Morgan fingerprint density at radius 3 is 2.25 bits per heavy atom. The van der Waals surface area contributed by atoms with Crippen LogP contribution in [-0.4, -0.2) is 49.6 Å². The minimum atomic E-state index is -0.513. The first-order valence-corrected chi connectivity index (χ1v) is 16.5. The van der Waals surface area contributed by atoms with Gasteiger partial charge in [-0.2, -0.15) is 0 Å². The van der Waals surface area contributed by atoms with Gasteiger partial charge in [-0.25, -0.2) is 14.8 Å². The van der Waals surface area contributed by atoms with Crippen molar-refractivity contribution in [2.45, 2.75) is 89.3 Å². The fourth-order valence-corrected chi connectivity index (χ4v) is 8.44. The number of carbonyl (C=O) groups is 1. The number of H-pyrrole nitrogens is 2. The molecule has 2 aliphatic heterocycles. The van der Waals surface area contributed by atoms with Crippen molar-refractivity contribution in [1.82, 2.24) is 24.8 Å². The highest BCUT2D eigenvalue weighted by molar-refractivity contribution is 5.78. The van der Waals surface area contributed by atoms with Crippen LogP contribution in [0.1, 0.15) is 86.7 Å². The van der Waals surface area contributed by atoms with E-state index in [1.54, 1.807) is 0 Å². The standard InChI is InChI=1S/C36H40N6O2/c1-35(2,3)44-34(43)42-16-4-5-29(42)32-38-27-12-8-22-17-20(6-10-25(22)30(27)40-32)21-7-11-26-23(18-21)9-13-28-31(26)41-33(39-28)36-19-24(36)14-15-37-36/h6-7,10-11,17-18,24,29,37H,4-5,8-9,12-16,19H2,1-3H3,(H,38,40)(H,39,41)/p+1/t24-,29-,36+/m0/s1. The van der Waals surface area contributed by atoms with E-state index in [0.29, 0.717) is 6.54 Å². The van der Waals surface area contributed by atoms with Crippen LogP contribution in [0.5, 0.6) is 0 Å². The van der Waals surface area contributed by atoms with E-state index in [4.69, 9.17) is 14.7 Å². The van der Waals surface area contributed by atoms with Gasteiger partial charge in [0, 0.05) is 47.8 Å². The summed E-state index contributed by atoms with van der Waals surface area (Å²) >= 11 is 0. The number of quaternary nitrogens is 1. The molecule has 1 amide bonds. The zero-order valence-corrected chi connectivity index (χ0v) is 25.9. The highest BCUT2D eigenvalue weighted by Gasteiger charge is 2.65. The molecule has 9 rings (SSSR count). The normalized spacial score (nSPS) is 24.8. The van der Waals surface area contributed by atoms with Gasteiger partial charge in [-0.15, -0.1) is 0 Å². The molecule has 4 heterocycles. The Hall–Kier alpha value is -3.91. The summed E-state index contributed by atoms with van der Waals surface area (Å²) in [6.45, 7) is 7.68. The van der Waals surface area contributed by atoms with E-state index in [9.17, 15) is 4.79 Å². The predicted octanol–water partition coefficient (Wildman–Crippen LogP) is 5.59. The number of amides is 1. The molecule has 4 aromatic rings. The molecule has 3 fully saturated rings. The third kappa shape index (κ3) is 4.10. The largest absolute Gasteiger partial charge is 0.444 e. The molecule has 4 N–H and O–H groups in total. The lowest BCUT2D eigenvalue weighted by Gasteiger charge is -2.27. The van der Waals surface area contributed by atoms with Gasteiger partial charge >= 0.3 is 6.09 Å². The van der Waals surface area contributed by atoms with Crippen LogP contribution in [-0.2, 0) is 36.0 Å². The molecule has 8 heteroatoms. The number of benzene rings is 2. The number of nitrogens with zero attached hydrogens (tertiary/aromatic N) is 3. The topological polar surface area (TPSA) is 104 Å². The highest BCUT2D eigenvalue weighted by Crippen LogP contribution is 2.52. The fourth-order valence-electron chi connectivity index (χ4n) is 8.44. The van der Waals surface area contributed by atoms with Crippen LogP contribution in [0.25, 0.3) is 33.6 Å². The molecule has 0 bridgehead atoms. The van der Waals surface area contributed by atoms with Crippen LogP contribution in [0, 0.1) is 5.92 Å². The number of aromatic nitrogens is 4. The Morgan fingerprint density at radius 1 is 0.932 bits per heavy atom. The van der Waals surface area contributed by atoms with Gasteiger partial charge < -0.3 is 20.0 Å². The number of ether oxygens (including phenoxy) is 1. The molecule has 2 aromatic carbocycles. The summed E-state index contributed by atoms with van der Waals surface area (Å²) in [4.78, 5) is 32.4. The van der Waals surface area contributed by atoms with Gasteiger partial charge in [-0.3, -0.25) is 4.90 Å². The number of nitrogens with two attached hydrogens (primary N) is 1. The van der Waals surface area contributed by atoms with Crippen LogP contribution in [0.4, 0.5) is 4.79 Å². The zero-order chi connectivity index (χ0) is 29.8. The van der Waals surface area contributed by atoms with Crippen molar-refractivity contribution in [2.75, 3.05) is 13.1 Å². The lowest BCUT2D eigenvalue weighted by atomic mass is 9.87. The second kappa shape index (κ2) is 9.30. The number of aryl methyl sites for hydroxylation is 4. The molecule has 226 valence electrons. The molecule has 0 unspecified atom stereocenters. The number of rotatable bonds is 3. The maximum atomic E-state index is 12.9. The number of nitrogens with one attached hydrogen (secondary N) is 2. The fraction of sp³-hybridized carbons (Fsp3) is 0.472. The maximum Gasteiger partial charge on any atom is 0.410 e. The minimum absolute atomic E-state index is 0.0681. The second-order valence-corrected chi connectivity index (χ2v) is 14.7. The number of fused-ring (bicyclic) bond motifs is 7. The molecule has 1 saturated carbocycles. The maximum absolute atomic E-state index is 12.9. The Bertz CT molecular complexity index is 1830. The van der Waals surface area contributed by atoms with E-state index in [2.05, 4.69) is 51.7 Å². The summed E-state index contributed by atoms with van der Waals surface area (Å²) in [7, 11) is 0. The smallest absolute Gasteiger partial charge is 0.410 e. The van der Waals surface area contributed by atoms with Crippen LogP contribution in [0.2, 0.25) is 0 Å². The first-order chi connectivity index (χ1) is 21.3. The molecule has 0 radical (unpaired) electrons. The Balaban J connectivity index is 0.983. The van der Waals surface area contributed by atoms with Gasteiger partial charge in [-0.05, 0) is 81.5 Å². The Labute approximate surface area is 258 Å². The predicted molar refractivity (Wildman–Crippen MR) is 168 cm³/mol. The molecule has 5 aliphatic rings. The van der Waals surface area contributed by atoms with Crippen molar-refractivity contribution >= 4 is 6.09 Å². The number of imidazole rings is 2. The van der Waals surface area contributed by atoms with Gasteiger partial charge in [0.25, 0.3) is 0 Å². The van der Waals surface area contributed by atoms with Gasteiger partial charge in [0.15, 0.2) is 11.4 Å². The van der Waals surface area contributed by atoms with E-state index in [1.165, 1.54) is 75.7 Å². The number of hydrogen-bond acceptors (Lipinski definition) is 4. The van der Waals surface area contributed by atoms with Gasteiger partial charge in [0.05, 0.1) is 24.0 Å². The number of piperidine rings is 1. The lowest BCUT2D eigenvalue weighted by molar-refractivity contribution is -0.699. The summed E-state index contributed by atoms with van der Waals surface area (Å²) in [6, 6.07) is 13.7. The molecule has 44 heavy (non-hydrogen) atoms. The van der Waals surface area contributed by atoms with Crippen LogP contribution >= 0.6 is 0 Å². The molecule has 3 atom stereocenters.